The number of aliphatic hydroxyl groups is 1. The van der Waals surface area contributed by atoms with Gasteiger partial charge in [-0.1, -0.05) is 50.2 Å². The molecule has 19 heteroatoms. The van der Waals surface area contributed by atoms with Crippen LogP contribution in [0.5, 0.6) is 17.2 Å². The van der Waals surface area contributed by atoms with E-state index in [-0.39, 0.29) is 45.6 Å². The fourth-order valence-electron chi connectivity index (χ4n) is 12.4. The normalized spacial score (nSPS) is 22.1. The second kappa shape index (κ2) is 20.7. The Morgan fingerprint density at radius 3 is 2.57 bits per heavy atom. The summed E-state index contributed by atoms with van der Waals surface area (Å²) in [5.41, 5.74) is 5.27. The highest BCUT2D eigenvalue weighted by Crippen LogP contribution is 2.53. The number of amides is 1. The molecule has 6 heterocycles. The van der Waals surface area contributed by atoms with Crippen molar-refractivity contribution in [2.75, 3.05) is 56.1 Å². The number of aromatic amines is 1. The number of H-pyrrole nitrogens is 1. The Labute approximate surface area is 442 Å². The number of pyridine rings is 2. The van der Waals surface area contributed by atoms with E-state index in [9.17, 15) is 32.8 Å². The molecule has 4 fully saturated rings. The van der Waals surface area contributed by atoms with Gasteiger partial charge in [-0.3, -0.25) is 24.7 Å². The Morgan fingerprint density at radius 1 is 1.00 bits per heavy atom. The third-order valence-electron chi connectivity index (χ3n) is 16.8. The lowest BCUT2D eigenvalue weighted by Gasteiger charge is -2.58. The van der Waals surface area contributed by atoms with Crippen molar-refractivity contribution in [3.8, 4) is 17.2 Å². The van der Waals surface area contributed by atoms with Crippen LogP contribution >= 0.6 is 0 Å². The standard InChI is InChI=1S/C57H66FN9O8S/c1-36(2)44-6-4-5-7-45(44)50-35-64(34-38-8-11-51-39(24-38)14-23-74-51)21-22-66(50)41-28-57(29-41)17-19-65(20-18-57)40-9-10-46(52(25-40)75-42-26-47-48(58)33-62-53(47)60-31-42)55(68)63-76(72,73)43-27-49(67(70)71)54(61-32-43)59-30-37-12-15-56(3,69)16-13-37/h4-11,24-27,31-33,36-37,41,50,69H,12-23,28-30,34-35H2,1-3H3,(H,59,61)(H,60,62)(H,63,68)/t37?,50-,56?/m0/s1. The van der Waals surface area contributed by atoms with E-state index in [1.807, 2.05) is 0 Å². The molecule has 2 saturated carbocycles. The molecule has 4 N–H and O–H groups in total. The summed E-state index contributed by atoms with van der Waals surface area (Å²) < 4.78 is 56.5. The maximum absolute atomic E-state index is 14.7. The number of piperazine rings is 1. The van der Waals surface area contributed by atoms with Gasteiger partial charge in [0.2, 0.25) is 5.82 Å². The number of carbonyl (C=O) groups is 1. The number of halogens is 1. The van der Waals surface area contributed by atoms with Gasteiger partial charge < -0.3 is 29.8 Å². The summed E-state index contributed by atoms with van der Waals surface area (Å²) in [6.07, 6.45) is 11.3. The van der Waals surface area contributed by atoms with E-state index in [4.69, 9.17) is 9.47 Å². The van der Waals surface area contributed by atoms with Gasteiger partial charge in [-0.15, -0.1) is 0 Å². The molecule has 2 aliphatic carbocycles. The van der Waals surface area contributed by atoms with E-state index in [2.05, 4.69) is 96.0 Å². The molecule has 5 aliphatic rings. The van der Waals surface area contributed by atoms with Crippen LogP contribution in [0.15, 0.2) is 96.3 Å². The number of anilines is 2. The lowest BCUT2D eigenvalue weighted by Crippen LogP contribution is -2.60. The average molecular weight is 1060 g/mol. The number of aromatic nitrogens is 3. The van der Waals surface area contributed by atoms with Crippen LogP contribution in [0.4, 0.5) is 21.6 Å². The molecule has 0 unspecified atom stereocenters. The molecule has 1 spiro atoms. The fourth-order valence-corrected chi connectivity index (χ4v) is 13.4. The summed E-state index contributed by atoms with van der Waals surface area (Å²) in [5.74, 6) is -0.00841. The van der Waals surface area contributed by atoms with Crippen LogP contribution in [0.1, 0.15) is 117 Å². The first kappa shape index (κ1) is 51.4. The second-order valence-corrected chi connectivity index (χ2v) is 24.1. The summed E-state index contributed by atoms with van der Waals surface area (Å²) in [4.78, 5) is 43.8. The Balaban J connectivity index is 0.784. The number of piperidine rings is 1. The number of hydrogen-bond donors (Lipinski definition) is 4. The Morgan fingerprint density at radius 2 is 1.79 bits per heavy atom. The Bertz CT molecular complexity index is 3270. The van der Waals surface area contributed by atoms with Crippen LogP contribution in [-0.2, 0) is 23.0 Å². The molecule has 0 bridgehead atoms. The predicted octanol–water partition coefficient (Wildman–Crippen LogP) is 9.64. The largest absolute Gasteiger partial charge is 0.493 e. The number of rotatable bonds is 15. The monoisotopic (exact) mass is 1060 g/mol. The minimum absolute atomic E-state index is 0.0104. The highest BCUT2D eigenvalue weighted by atomic mass is 32.2. The van der Waals surface area contributed by atoms with Gasteiger partial charge in [0, 0.05) is 88.3 Å². The summed E-state index contributed by atoms with van der Waals surface area (Å²) in [6, 6.07) is 23.7. The highest BCUT2D eigenvalue weighted by Gasteiger charge is 2.50. The molecule has 76 heavy (non-hydrogen) atoms. The molecule has 11 rings (SSSR count). The fraction of sp³-hybridized carbons (Fsp3) is 0.456. The van der Waals surface area contributed by atoms with Gasteiger partial charge in [0.25, 0.3) is 15.9 Å². The van der Waals surface area contributed by atoms with Gasteiger partial charge in [-0.05, 0) is 122 Å². The van der Waals surface area contributed by atoms with Crippen molar-refractivity contribution >= 4 is 44.2 Å². The minimum Gasteiger partial charge on any atom is -0.493 e. The van der Waals surface area contributed by atoms with Crippen LogP contribution in [0.3, 0.4) is 0 Å². The van der Waals surface area contributed by atoms with E-state index in [0.29, 0.717) is 37.0 Å². The first-order valence-corrected chi connectivity index (χ1v) is 28.2. The summed E-state index contributed by atoms with van der Waals surface area (Å²) in [6.45, 7) is 12.8. The number of nitrogens with zero attached hydrogens (tertiary/aromatic N) is 6. The molecule has 400 valence electrons. The molecule has 1 amide bonds. The van der Waals surface area contributed by atoms with Gasteiger partial charge in [-0.25, -0.2) is 27.5 Å². The zero-order valence-electron chi connectivity index (χ0n) is 43.3. The zero-order chi connectivity index (χ0) is 52.9. The van der Waals surface area contributed by atoms with Crippen molar-refractivity contribution < 1.29 is 37.1 Å². The molecule has 6 aromatic rings. The molecule has 3 aromatic heterocycles. The van der Waals surface area contributed by atoms with E-state index < -0.39 is 42.9 Å². The number of benzene rings is 3. The van der Waals surface area contributed by atoms with Crippen molar-refractivity contribution in [2.24, 2.45) is 11.3 Å². The highest BCUT2D eigenvalue weighted by molar-refractivity contribution is 7.90. The molecule has 2 saturated heterocycles. The number of nitro groups is 1. The van der Waals surface area contributed by atoms with Crippen molar-refractivity contribution in [1.82, 2.24) is 29.5 Å². The van der Waals surface area contributed by atoms with Crippen molar-refractivity contribution in [3.63, 3.8) is 0 Å². The Kier molecular flexibility index (Phi) is 14.0. The van der Waals surface area contributed by atoms with E-state index in [1.165, 1.54) is 46.8 Å². The maximum atomic E-state index is 14.7. The maximum Gasteiger partial charge on any atom is 0.312 e. The quantitative estimate of drug-likeness (QED) is 0.0558. The molecule has 0 radical (unpaired) electrons. The topological polar surface area (TPSA) is 208 Å². The van der Waals surface area contributed by atoms with Gasteiger partial charge >= 0.3 is 5.69 Å². The lowest BCUT2D eigenvalue weighted by molar-refractivity contribution is -0.384. The minimum atomic E-state index is -4.71. The number of carbonyl (C=O) groups excluding carboxylic acids is 1. The van der Waals surface area contributed by atoms with Gasteiger partial charge in [0.05, 0.1) is 40.5 Å². The van der Waals surface area contributed by atoms with E-state index in [1.54, 1.807) is 19.1 Å². The number of hydrogen-bond acceptors (Lipinski definition) is 14. The number of fused-ring (bicyclic) bond motifs is 2. The molecule has 1 atom stereocenters. The number of ether oxygens (including phenoxy) is 2. The van der Waals surface area contributed by atoms with Crippen molar-refractivity contribution in [2.45, 2.75) is 114 Å². The molecule has 17 nitrogen and oxygen atoms in total. The van der Waals surface area contributed by atoms with Crippen molar-refractivity contribution in [1.29, 1.82) is 0 Å². The van der Waals surface area contributed by atoms with Crippen LogP contribution in [-0.4, -0.2) is 107 Å². The van der Waals surface area contributed by atoms with Gasteiger partial charge in [0.1, 0.15) is 33.6 Å². The molecule has 3 aromatic carbocycles. The second-order valence-electron chi connectivity index (χ2n) is 22.4. The van der Waals surface area contributed by atoms with Gasteiger partial charge in [-0.2, -0.15) is 0 Å². The Hall–Kier alpha value is -6.67. The lowest BCUT2D eigenvalue weighted by atomic mass is 9.59. The van der Waals surface area contributed by atoms with Crippen LogP contribution in [0.2, 0.25) is 0 Å². The SMILES string of the molecule is CC(C)c1ccccc1[C@@H]1CN(Cc2ccc3c(c2)CCO3)CCN1C1CC2(CCN(c3ccc(C(=O)NS(=O)(=O)c4cnc(NCC5CCC(C)(O)CC5)c([N+](=O)[O-])c4)c(Oc4cnc5[nH]cc(F)c5c4)c3)CC2)C1. The number of nitrogens with one attached hydrogen (secondary N) is 3. The van der Waals surface area contributed by atoms with Crippen molar-refractivity contribution in [3.05, 3.63) is 135 Å². The molecular weight excluding hydrogens is 990 g/mol. The first-order chi connectivity index (χ1) is 36.5. The predicted molar refractivity (Wildman–Crippen MR) is 287 cm³/mol. The van der Waals surface area contributed by atoms with E-state index in [0.717, 1.165) is 115 Å². The van der Waals surface area contributed by atoms with Crippen LogP contribution in [0.25, 0.3) is 11.0 Å². The summed E-state index contributed by atoms with van der Waals surface area (Å²) in [7, 11) is -4.71. The van der Waals surface area contributed by atoms with Gasteiger partial charge in [0.15, 0.2) is 0 Å². The van der Waals surface area contributed by atoms with E-state index >= 15 is 0 Å². The summed E-state index contributed by atoms with van der Waals surface area (Å²) in [5, 5.41) is 25.7. The smallest absolute Gasteiger partial charge is 0.312 e. The van der Waals surface area contributed by atoms with Crippen LogP contribution < -0.4 is 24.4 Å². The number of sulfonamides is 1. The zero-order valence-corrected chi connectivity index (χ0v) is 44.1. The molecule has 3 aliphatic heterocycles. The molecular formula is C57H66FN9O8S. The third kappa shape index (κ3) is 10.7. The average Bonchev–Trinajstić information content (AvgIpc) is 4.03. The summed E-state index contributed by atoms with van der Waals surface area (Å²) >= 11 is 0. The van der Waals surface area contributed by atoms with Crippen LogP contribution in [0, 0.1) is 27.3 Å². The third-order valence-corrected chi connectivity index (χ3v) is 18.1. The first-order valence-electron chi connectivity index (χ1n) is 26.7.